The van der Waals surface area contributed by atoms with E-state index >= 15 is 0 Å². The molecule has 0 aromatic carbocycles. The Balaban J connectivity index is 2.08. The summed E-state index contributed by atoms with van der Waals surface area (Å²) in [7, 11) is 0. The number of pyridine rings is 1. The van der Waals surface area contributed by atoms with Crippen LogP contribution in [0, 0.1) is 0 Å². The van der Waals surface area contributed by atoms with Crippen molar-refractivity contribution in [1.82, 2.24) is 10.3 Å². The number of hydrogen-bond donors (Lipinski definition) is 1. The van der Waals surface area contributed by atoms with Crippen molar-refractivity contribution in [3.05, 3.63) is 28.5 Å². The van der Waals surface area contributed by atoms with Crippen molar-refractivity contribution < 1.29 is 4.74 Å². The topological polar surface area (TPSA) is 34.1 Å². The van der Waals surface area contributed by atoms with Crippen molar-refractivity contribution >= 4 is 15.9 Å². The number of nitrogens with one attached hydrogen (secondary N) is 1. The first-order valence-electron chi connectivity index (χ1n) is 4.79. The Morgan fingerprint density at radius 2 is 2.43 bits per heavy atom. The van der Waals surface area contributed by atoms with Crippen LogP contribution in [0.2, 0.25) is 0 Å². The van der Waals surface area contributed by atoms with Gasteiger partial charge in [-0.2, -0.15) is 0 Å². The number of ether oxygens (including phenoxy) is 1. The highest BCUT2D eigenvalue weighted by Crippen LogP contribution is 2.15. The summed E-state index contributed by atoms with van der Waals surface area (Å²) in [5.41, 5.74) is 1.05. The van der Waals surface area contributed by atoms with E-state index in [0.717, 1.165) is 29.7 Å². The summed E-state index contributed by atoms with van der Waals surface area (Å²) in [6, 6.07) is 4.27. The van der Waals surface area contributed by atoms with Crippen molar-refractivity contribution in [2.24, 2.45) is 0 Å². The zero-order valence-electron chi connectivity index (χ0n) is 7.87. The lowest BCUT2D eigenvalue weighted by atomic mass is 10.2. The van der Waals surface area contributed by atoms with Gasteiger partial charge in [0.2, 0.25) is 0 Å². The van der Waals surface area contributed by atoms with Gasteiger partial charge >= 0.3 is 0 Å². The van der Waals surface area contributed by atoms with Crippen LogP contribution in [0.5, 0.6) is 0 Å². The summed E-state index contributed by atoms with van der Waals surface area (Å²) in [6.07, 6.45) is 2.90. The van der Waals surface area contributed by atoms with Gasteiger partial charge in [0.05, 0.1) is 18.3 Å². The molecule has 2 heterocycles. The van der Waals surface area contributed by atoms with Crippen LogP contribution in [0.1, 0.15) is 18.2 Å². The largest absolute Gasteiger partial charge is 0.379 e. The smallest absolute Gasteiger partial charge is 0.0732 e. The molecule has 1 aliphatic rings. The fraction of sp³-hybridized carbons (Fsp3) is 0.500. The van der Waals surface area contributed by atoms with E-state index in [-0.39, 0.29) is 6.04 Å². The zero-order chi connectivity index (χ0) is 9.80. The summed E-state index contributed by atoms with van der Waals surface area (Å²) in [5, 5.41) is 3.41. The van der Waals surface area contributed by atoms with Crippen LogP contribution in [-0.2, 0) is 4.74 Å². The first-order chi connectivity index (χ1) is 6.86. The molecule has 14 heavy (non-hydrogen) atoms. The van der Waals surface area contributed by atoms with Gasteiger partial charge in [-0.15, -0.1) is 0 Å². The first kappa shape index (κ1) is 10.1. The maximum absolute atomic E-state index is 5.48. The van der Waals surface area contributed by atoms with Gasteiger partial charge in [-0.1, -0.05) is 0 Å². The van der Waals surface area contributed by atoms with E-state index in [9.17, 15) is 0 Å². The SMILES string of the molecule is Brc1ccc(C2COCCCN2)nc1. The van der Waals surface area contributed by atoms with Crippen molar-refractivity contribution in [2.75, 3.05) is 19.8 Å². The maximum Gasteiger partial charge on any atom is 0.0732 e. The summed E-state index contributed by atoms with van der Waals surface area (Å²) >= 11 is 3.37. The molecular weight excluding hydrogens is 244 g/mol. The van der Waals surface area contributed by atoms with Crippen molar-refractivity contribution in [2.45, 2.75) is 12.5 Å². The van der Waals surface area contributed by atoms with Crippen LogP contribution >= 0.6 is 15.9 Å². The molecule has 0 radical (unpaired) electrons. The molecule has 1 N–H and O–H groups in total. The van der Waals surface area contributed by atoms with Crippen LogP contribution in [-0.4, -0.2) is 24.7 Å². The lowest BCUT2D eigenvalue weighted by molar-refractivity contribution is 0.130. The molecule has 0 saturated carbocycles. The molecule has 0 aliphatic carbocycles. The molecule has 1 aromatic heterocycles. The Labute approximate surface area is 92.0 Å². The Bertz CT molecular complexity index is 281. The van der Waals surface area contributed by atoms with Crippen molar-refractivity contribution in [3.63, 3.8) is 0 Å². The summed E-state index contributed by atoms with van der Waals surface area (Å²) in [4.78, 5) is 4.35. The van der Waals surface area contributed by atoms with Crippen LogP contribution in [0.4, 0.5) is 0 Å². The van der Waals surface area contributed by atoms with Gasteiger partial charge < -0.3 is 10.1 Å². The Kier molecular flexibility index (Phi) is 3.50. The number of hydrogen-bond acceptors (Lipinski definition) is 3. The molecule has 3 nitrogen and oxygen atoms in total. The van der Waals surface area contributed by atoms with Gasteiger partial charge in [0.1, 0.15) is 0 Å². The molecule has 1 unspecified atom stereocenters. The van der Waals surface area contributed by atoms with E-state index in [2.05, 4.69) is 26.2 Å². The van der Waals surface area contributed by atoms with Crippen molar-refractivity contribution in [1.29, 1.82) is 0 Å². The molecule has 1 aromatic rings. The third-order valence-corrected chi connectivity index (χ3v) is 2.72. The molecule has 0 spiro atoms. The predicted molar refractivity (Wildman–Crippen MR) is 58.1 cm³/mol. The third kappa shape index (κ3) is 2.53. The van der Waals surface area contributed by atoms with E-state index in [0.29, 0.717) is 6.61 Å². The minimum atomic E-state index is 0.241. The Hall–Kier alpha value is -0.450. The average Bonchev–Trinajstić information content (AvgIpc) is 2.47. The second-order valence-corrected chi connectivity index (χ2v) is 4.25. The maximum atomic E-state index is 5.48. The van der Waals surface area contributed by atoms with Crippen LogP contribution in [0.15, 0.2) is 22.8 Å². The number of rotatable bonds is 1. The Morgan fingerprint density at radius 1 is 1.50 bits per heavy atom. The van der Waals surface area contributed by atoms with E-state index in [1.807, 2.05) is 18.3 Å². The fourth-order valence-electron chi connectivity index (χ4n) is 1.49. The standard InChI is InChI=1S/C10H13BrN2O/c11-8-2-3-9(13-6-8)10-7-14-5-1-4-12-10/h2-3,6,10,12H,1,4-5,7H2. The van der Waals surface area contributed by atoms with Crippen LogP contribution in [0.3, 0.4) is 0 Å². The van der Waals surface area contributed by atoms with Gasteiger partial charge in [0.25, 0.3) is 0 Å². The lowest BCUT2D eigenvalue weighted by Crippen LogP contribution is -2.24. The second kappa shape index (κ2) is 4.87. The molecule has 76 valence electrons. The van der Waals surface area contributed by atoms with Crippen LogP contribution < -0.4 is 5.32 Å². The molecule has 1 aliphatic heterocycles. The van der Waals surface area contributed by atoms with Crippen LogP contribution in [0.25, 0.3) is 0 Å². The highest BCUT2D eigenvalue weighted by molar-refractivity contribution is 9.10. The number of nitrogens with zero attached hydrogens (tertiary/aromatic N) is 1. The molecule has 0 bridgehead atoms. The van der Waals surface area contributed by atoms with E-state index < -0.39 is 0 Å². The quantitative estimate of drug-likeness (QED) is 0.834. The minimum absolute atomic E-state index is 0.241. The zero-order valence-corrected chi connectivity index (χ0v) is 9.46. The molecule has 4 heteroatoms. The summed E-state index contributed by atoms with van der Waals surface area (Å²) < 4.78 is 6.49. The summed E-state index contributed by atoms with van der Waals surface area (Å²) in [6.45, 7) is 2.57. The molecule has 1 fully saturated rings. The molecular formula is C10H13BrN2O. The number of aromatic nitrogens is 1. The Morgan fingerprint density at radius 3 is 3.21 bits per heavy atom. The van der Waals surface area contributed by atoms with E-state index in [4.69, 9.17) is 4.74 Å². The van der Waals surface area contributed by atoms with Gasteiger partial charge in [-0.25, -0.2) is 0 Å². The third-order valence-electron chi connectivity index (χ3n) is 2.25. The first-order valence-corrected chi connectivity index (χ1v) is 5.58. The van der Waals surface area contributed by atoms with Gasteiger partial charge in [-0.05, 0) is 41.0 Å². The molecule has 1 saturated heterocycles. The van der Waals surface area contributed by atoms with Gasteiger partial charge in [0, 0.05) is 17.3 Å². The van der Waals surface area contributed by atoms with Gasteiger partial charge in [0.15, 0.2) is 0 Å². The molecule has 0 amide bonds. The highest BCUT2D eigenvalue weighted by Gasteiger charge is 2.14. The minimum Gasteiger partial charge on any atom is -0.379 e. The number of halogens is 1. The van der Waals surface area contributed by atoms with E-state index in [1.54, 1.807) is 0 Å². The highest BCUT2D eigenvalue weighted by atomic mass is 79.9. The molecule has 2 rings (SSSR count). The van der Waals surface area contributed by atoms with Crippen molar-refractivity contribution in [3.8, 4) is 0 Å². The monoisotopic (exact) mass is 256 g/mol. The second-order valence-electron chi connectivity index (χ2n) is 3.34. The average molecular weight is 257 g/mol. The van der Waals surface area contributed by atoms with Gasteiger partial charge in [-0.3, -0.25) is 4.98 Å². The van der Waals surface area contributed by atoms with E-state index in [1.165, 1.54) is 0 Å². The fourth-order valence-corrected chi connectivity index (χ4v) is 1.73. The summed E-state index contributed by atoms with van der Waals surface area (Å²) in [5.74, 6) is 0. The lowest BCUT2D eigenvalue weighted by Gasteiger charge is -2.14. The predicted octanol–water partition coefficient (Wildman–Crippen LogP) is 1.90. The normalized spacial score (nSPS) is 23.1. The molecule has 1 atom stereocenters.